The fourth-order valence-electron chi connectivity index (χ4n) is 4.63. The highest BCUT2D eigenvalue weighted by molar-refractivity contribution is 6.05. The van der Waals surface area contributed by atoms with Gasteiger partial charge in [0.05, 0.1) is 52.8 Å². The van der Waals surface area contributed by atoms with Gasteiger partial charge in [-0.05, 0) is 52.0 Å². The third kappa shape index (κ3) is 3.88. The van der Waals surface area contributed by atoms with Crippen LogP contribution in [0.15, 0.2) is 52.0 Å². The van der Waals surface area contributed by atoms with E-state index in [9.17, 15) is 4.79 Å². The number of imidazole rings is 1. The van der Waals surface area contributed by atoms with Crippen LogP contribution in [0.1, 0.15) is 50.9 Å². The van der Waals surface area contributed by atoms with Crippen LogP contribution in [0.25, 0.3) is 33.1 Å². The Morgan fingerprint density at radius 3 is 2.51 bits per heavy atom. The van der Waals surface area contributed by atoms with Crippen LogP contribution in [0.2, 0.25) is 0 Å². The van der Waals surface area contributed by atoms with Crippen molar-refractivity contribution in [2.75, 3.05) is 7.11 Å². The predicted molar refractivity (Wildman–Crippen MR) is 138 cm³/mol. The molecule has 8 nitrogen and oxygen atoms in total. The van der Waals surface area contributed by atoms with Crippen molar-refractivity contribution in [3.05, 3.63) is 70.4 Å². The van der Waals surface area contributed by atoms with Crippen LogP contribution >= 0.6 is 0 Å². The Morgan fingerprint density at radius 1 is 1.14 bits per heavy atom. The van der Waals surface area contributed by atoms with Crippen LogP contribution in [0.4, 0.5) is 0 Å². The molecule has 1 atom stereocenters. The molecule has 8 heteroatoms. The summed E-state index contributed by atoms with van der Waals surface area (Å²) >= 11 is 0. The molecular weight excluding hydrogens is 442 g/mol. The van der Waals surface area contributed by atoms with E-state index in [0.717, 1.165) is 44.5 Å². The maximum atomic E-state index is 13.5. The van der Waals surface area contributed by atoms with Crippen molar-refractivity contribution >= 4 is 21.9 Å². The van der Waals surface area contributed by atoms with E-state index in [1.54, 1.807) is 28.6 Å². The molecular formula is C27H31N5O3. The van der Waals surface area contributed by atoms with Crippen molar-refractivity contribution in [3.63, 3.8) is 0 Å². The predicted octanol–water partition coefficient (Wildman–Crippen LogP) is 5.68. The number of ether oxygens (including phenoxy) is 1. The summed E-state index contributed by atoms with van der Waals surface area (Å²) in [6.45, 7) is 12.3. The molecule has 1 unspecified atom stereocenters. The smallest absolute Gasteiger partial charge is 0.329 e. The molecule has 5 aromatic rings. The second-order valence-corrected chi connectivity index (χ2v) is 8.09. The van der Waals surface area contributed by atoms with E-state index < -0.39 is 0 Å². The Morgan fingerprint density at radius 2 is 1.91 bits per heavy atom. The minimum Gasteiger partial charge on any atom is -0.496 e. The first-order chi connectivity index (χ1) is 17.0. The molecule has 0 bridgehead atoms. The Bertz CT molecular complexity index is 1530. The van der Waals surface area contributed by atoms with Crippen LogP contribution in [-0.2, 0) is 6.54 Å². The van der Waals surface area contributed by atoms with Crippen molar-refractivity contribution in [2.24, 2.45) is 0 Å². The van der Waals surface area contributed by atoms with Gasteiger partial charge in [0.25, 0.3) is 0 Å². The molecule has 0 N–H and O–H groups in total. The lowest BCUT2D eigenvalue weighted by Crippen LogP contribution is -2.27. The molecule has 1 aromatic carbocycles. The first kappa shape index (κ1) is 24.2. The Balaban J connectivity index is 0.00000141. The van der Waals surface area contributed by atoms with Crippen molar-refractivity contribution in [1.82, 2.24) is 24.3 Å². The van der Waals surface area contributed by atoms with Gasteiger partial charge in [0, 0.05) is 23.7 Å². The number of aromatic nitrogens is 5. The Kier molecular flexibility index (Phi) is 6.73. The summed E-state index contributed by atoms with van der Waals surface area (Å²) in [5.41, 5.74) is 5.61. The molecule has 0 fully saturated rings. The third-order valence-electron chi connectivity index (χ3n) is 6.23. The van der Waals surface area contributed by atoms with Crippen LogP contribution in [0.3, 0.4) is 0 Å². The molecule has 0 aliphatic rings. The van der Waals surface area contributed by atoms with Gasteiger partial charge in [-0.15, -0.1) is 0 Å². The molecule has 0 saturated carbocycles. The van der Waals surface area contributed by atoms with E-state index in [4.69, 9.17) is 14.2 Å². The highest BCUT2D eigenvalue weighted by atomic mass is 16.5. The van der Waals surface area contributed by atoms with Gasteiger partial charge < -0.3 is 9.26 Å². The zero-order chi connectivity index (χ0) is 25.3. The van der Waals surface area contributed by atoms with E-state index in [-0.39, 0.29) is 11.7 Å². The van der Waals surface area contributed by atoms with Gasteiger partial charge in [0.2, 0.25) is 0 Å². The second-order valence-electron chi connectivity index (χ2n) is 8.09. The van der Waals surface area contributed by atoms with E-state index in [1.807, 2.05) is 71.9 Å². The van der Waals surface area contributed by atoms with Crippen LogP contribution < -0.4 is 10.4 Å². The first-order valence-corrected chi connectivity index (χ1v) is 11.9. The Labute approximate surface area is 204 Å². The van der Waals surface area contributed by atoms with Gasteiger partial charge >= 0.3 is 5.69 Å². The normalized spacial score (nSPS) is 12.0. The summed E-state index contributed by atoms with van der Waals surface area (Å²) in [7, 11) is 1.64. The summed E-state index contributed by atoms with van der Waals surface area (Å²) in [6, 6.07) is 9.41. The maximum absolute atomic E-state index is 13.5. The van der Waals surface area contributed by atoms with E-state index in [0.29, 0.717) is 18.1 Å². The van der Waals surface area contributed by atoms with E-state index in [2.05, 4.69) is 10.1 Å². The summed E-state index contributed by atoms with van der Waals surface area (Å²) < 4.78 is 14.7. The van der Waals surface area contributed by atoms with Crippen LogP contribution in [0, 0.1) is 13.8 Å². The quantitative estimate of drug-likeness (QED) is 0.326. The molecule has 0 aliphatic carbocycles. The molecule has 0 spiro atoms. The number of aryl methyl sites for hydroxylation is 3. The van der Waals surface area contributed by atoms with Gasteiger partial charge in [-0.3, -0.25) is 19.1 Å². The van der Waals surface area contributed by atoms with Gasteiger partial charge in [0.15, 0.2) is 0 Å². The van der Waals surface area contributed by atoms with E-state index in [1.165, 1.54) is 0 Å². The summed E-state index contributed by atoms with van der Waals surface area (Å²) in [5, 5.41) is 4.93. The number of methoxy groups -OCH3 is 1. The average Bonchev–Trinajstić information content (AvgIpc) is 3.38. The highest BCUT2D eigenvalue weighted by Gasteiger charge is 2.24. The zero-order valence-corrected chi connectivity index (χ0v) is 21.3. The monoisotopic (exact) mass is 473 g/mol. The van der Waals surface area contributed by atoms with Crippen molar-refractivity contribution < 1.29 is 9.26 Å². The Hall–Kier alpha value is -3.94. The third-order valence-corrected chi connectivity index (χ3v) is 6.23. The standard InChI is InChI=1S/C25H25N5O3.C2H6/c1-6-29-21-13-27-20-11-18(23-14(2)28-33-16(23)4)22(32-5)12-17(20)24(21)30(25(29)31)15(3)19-9-7-8-10-26-19;1-2/h7-13,15H,6H2,1-5H3;1-2H3. The summed E-state index contributed by atoms with van der Waals surface area (Å²) in [6.07, 6.45) is 3.52. The lowest BCUT2D eigenvalue weighted by Gasteiger charge is -2.15. The fourth-order valence-corrected chi connectivity index (χ4v) is 4.63. The lowest BCUT2D eigenvalue weighted by molar-refractivity contribution is 0.393. The van der Waals surface area contributed by atoms with Crippen molar-refractivity contribution in [3.8, 4) is 16.9 Å². The van der Waals surface area contributed by atoms with Gasteiger partial charge in [-0.2, -0.15) is 0 Å². The number of hydrogen-bond acceptors (Lipinski definition) is 6. The van der Waals surface area contributed by atoms with Crippen molar-refractivity contribution in [2.45, 2.75) is 54.1 Å². The van der Waals surface area contributed by atoms with Gasteiger partial charge in [0.1, 0.15) is 11.5 Å². The molecule has 5 rings (SSSR count). The number of rotatable bonds is 5. The topological polar surface area (TPSA) is 88.0 Å². The first-order valence-electron chi connectivity index (χ1n) is 11.9. The molecule has 0 radical (unpaired) electrons. The minimum absolute atomic E-state index is 0.0891. The lowest BCUT2D eigenvalue weighted by atomic mass is 10.00. The number of hydrogen-bond donors (Lipinski definition) is 0. The molecule has 4 aromatic heterocycles. The highest BCUT2D eigenvalue weighted by Crippen LogP contribution is 2.39. The number of benzene rings is 1. The number of pyridine rings is 2. The number of fused-ring (bicyclic) bond motifs is 3. The summed E-state index contributed by atoms with van der Waals surface area (Å²) in [5.74, 6) is 1.38. The SMILES string of the molecule is CC.CCn1c(=O)n(C(C)c2ccccn2)c2c3cc(OC)c(-c4c(C)noc4C)cc3ncc21. The largest absolute Gasteiger partial charge is 0.496 e. The second kappa shape index (κ2) is 9.74. The summed E-state index contributed by atoms with van der Waals surface area (Å²) in [4.78, 5) is 22.7. The maximum Gasteiger partial charge on any atom is 0.329 e. The zero-order valence-electron chi connectivity index (χ0n) is 21.3. The fraction of sp³-hybridized carbons (Fsp3) is 0.333. The van der Waals surface area contributed by atoms with Crippen molar-refractivity contribution in [1.29, 1.82) is 0 Å². The minimum atomic E-state index is -0.257. The molecule has 0 aliphatic heterocycles. The molecule has 0 saturated heterocycles. The van der Waals surface area contributed by atoms with Crippen LogP contribution in [-0.4, -0.2) is 31.4 Å². The molecule has 182 valence electrons. The van der Waals surface area contributed by atoms with Gasteiger partial charge in [-0.25, -0.2) is 4.79 Å². The number of nitrogens with zero attached hydrogens (tertiary/aromatic N) is 5. The molecule has 0 amide bonds. The van der Waals surface area contributed by atoms with Gasteiger partial charge in [-0.1, -0.05) is 25.1 Å². The average molecular weight is 474 g/mol. The molecule has 35 heavy (non-hydrogen) atoms. The van der Waals surface area contributed by atoms with E-state index >= 15 is 0 Å². The van der Waals surface area contributed by atoms with Crippen LogP contribution in [0.5, 0.6) is 5.75 Å². The molecule has 4 heterocycles.